The molecule has 1 nitrogen and oxygen atoms in total. The second-order valence-corrected chi connectivity index (χ2v) is 3.09. The van der Waals surface area contributed by atoms with Crippen molar-refractivity contribution in [3.05, 3.63) is 11.3 Å². The van der Waals surface area contributed by atoms with Gasteiger partial charge in [0.2, 0.25) is 0 Å². The molecule has 0 spiro atoms. The van der Waals surface area contributed by atoms with Crippen LogP contribution in [0.2, 0.25) is 0 Å². The maximum atomic E-state index is 5.70. The van der Waals surface area contributed by atoms with Crippen LogP contribution in [-0.4, -0.2) is 5.06 Å². The summed E-state index contributed by atoms with van der Waals surface area (Å²) in [5, 5.41) is -0.181. The summed E-state index contributed by atoms with van der Waals surface area (Å²) >= 11 is 11.2. The summed E-state index contributed by atoms with van der Waals surface area (Å²) in [6.07, 6.45) is 2.45. The van der Waals surface area contributed by atoms with Gasteiger partial charge in [-0.2, -0.15) is 0 Å². The van der Waals surface area contributed by atoms with Gasteiger partial charge < -0.3 is 4.74 Å². The van der Waals surface area contributed by atoms with Gasteiger partial charge in [0.1, 0.15) is 0 Å². The van der Waals surface area contributed by atoms with Gasteiger partial charge in [-0.3, -0.25) is 0 Å². The van der Waals surface area contributed by atoms with Crippen LogP contribution in [0.25, 0.3) is 0 Å². The van der Waals surface area contributed by atoms with Crippen molar-refractivity contribution < 1.29 is 4.74 Å². The summed E-state index contributed by atoms with van der Waals surface area (Å²) in [6.45, 7) is 1.78. The highest BCUT2D eigenvalue weighted by atomic mass is 35.5. The molecule has 0 fully saturated rings. The van der Waals surface area contributed by atoms with Crippen LogP contribution in [0.3, 0.4) is 0 Å². The normalized spacial score (nSPS) is 36.6. The van der Waals surface area contributed by atoms with Crippen LogP contribution in [0.5, 0.6) is 0 Å². The van der Waals surface area contributed by atoms with E-state index >= 15 is 0 Å². The predicted octanol–water partition coefficient (Wildman–Crippen LogP) is 2.44. The van der Waals surface area contributed by atoms with Crippen LogP contribution in [0, 0.1) is 0 Å². The Kier molecular flexibility index (Phi) is 1.42. The Bertz CT molecular complexity index is 128. The van der Waals surface area contributed by atoms with E-state index in [1.165, 1.54) is 0 Å². The highest BCUT2D eigenvalue weighted by molar-refractivity contribution is 6.30. The largest absolute Gasteiger partial charge is 0.461 e. The molecule has 0 aromatic carbocycles. The molecule has 0 aromatic rings. The zero-order valence-corrected chi connectivity index (χ0v) is 5.96. The van der Waals surface area contributed by atoms with Crippen molar-refractivity contribution >= 4 is 23.2 Å². The standard InChI is InChI=1S/C5H6Cl2O/c1-5(7)3-2-4(6)8-5/h2H,3H2,1H3. The van der Waals surface area contributed by atoms with Gasteiger partial charge in [-0.15, -0.1) is 0 Å². The van der Waals surface area contributed by atoms with E-state index in [1.54, 1.807) is 13.0 Å². The van der Waals surface area contributed by atoms with E-state index in [2.05, 4.69) is 0 Å². The van der Waals surface area contributed by atoms with Crippen molar-refractivity contribution in [2.45, 2.75) is 18.4 Å². The van der Waals surface area contributed by atoms with E-state index in [9.17, 15) is 0 Å². The molecule has 1 rings (SSSR count). The molecule has 0 N–H and O–H groups in total. The molecule has 0 saturated heterocycles. The Labute approximate surface area is 58.2 Å². The second-order valence-electron chi connectivity index (χ2n) is 1.92. The molecule has 0 bridgehead atoms. The molecule has 1 heterocycles. The zero-order chi connectivity index (χ0) is 6.20. The van der Waals surface area contributed by atoms with E-state index in [-0.39, 0.29) is 0 Å². The second kappa shape index (κ2) is 1.82. The topological polar surface area (TPSA) is 9.23 Å². The van der Waals surface area contributed by atoms with Gasteiger partial charge in [0, 0.05) is 6.42 Å². The lowest BCUT2D eigenvalue weighted by molar-refractivity contribution is 0.138. The Morgan fingerprint density at radius 2 is 2.50 bits per heavy atom. The molecule has 1 aliphatic heterocycles. The SMILES string of the molecule is CC1(Cl)CC=C(Cl)O1. The van der Waals surface area contributed by atoms with Gasteiger partial charge in [-0.05, 0) is 24.6 Å². The minimum atomic E-state index is -0.586. The third kappa shape index (κ3) is 1.30. The first kappa shape index (κ1) is 6.24. The summed E-state index contributed by atoms with van der Waals surface area (Å²) in [4.78, 5) is 0. The monoisotopic (exact) mass is 152 g/mol. The maximum Gasteiger partial charge on any atom is 0.185 e. The highest BCUT2D eigenvalue weighted by Gasteiger charge is 2.27. The first-order chi connectivity index (χ1) is 3.60. The molecule has 1 aliphatic rings. The van der Waals surface area contributed by atoms with Crippen LogP contribution in [0.4, 0.5) is 0 Å². The van der Waals surface area contributed by atoms with Crippen molar-refractivity contribution in [3.8, 4) is 0 Å². The first-order valence-corrected chi connectivity index (χ1v) is 3.09. The molecule has 0 aromatic heterocycles. The molecular formula is C5H6Cl2O. The predicted molar refractivity (Wildman–Crippen MR) is 33.9 cm³/mol. The van der Waals surface area contributed by atoms with Crippen LogP contribution >= 0.6 is 23.2 Å². The minimum Gasteiger partial charge on any atom is -0.461 e. The van der Waals surface area contributed by atoms with Crippen molar-refractivity contribution in [2.75, 3.05) is 0 Å². The molecule has 8 heavy (non-hydrogen) atoms. The van der Waals surface area contributed by atoms with Crippen LogP contribution in [-0.2, 0) is 4.74 Å². The number of alkyl halides is 1. The molecule has 0 amide bonds. The third-order valence-corrected chi connectivity index (χ3v) is 1.40. The van der Waals surface area contributed by atoms with E-state index in [1.807, 2.05) is 0 Å². The van der Waals surface area contributed by atoms with Gasteiger partial charge in [0.05, 0.1) is 0 Å². The Morgan fingerprint density at radius 1 is 1.88 bits per heavy atom. The number of hydrogen-bond acceptors (Lipinski definition) is 1. The average Bonchev–Trinajstić information content (AvgIpc) is 1.82. The molecule has 1 unspecified atom stereocenters. The first-order valence-electron chi connectivity index (χ1n) is 2.34. The van der Waals surface area contributed by atoms with Gasteiger partial charge in [-0.1, -0.05) is 11.6 Å². The average molecular weight is 153 g/mol. The molecule has 3 heteroatoms. The number of rotatable bonds is 0. The molecule has 1 atom stereocenters. The van der Waals surface area contributed by atoms with E-state index in [0.717, 1.165) is 0 Å². The van der Waals surface area contributed by atoms with Crippen LogP contribution in [0.1, 0.15) is 13.3 Å². The fraction of sp³-hybridized carbons (Fsp3) is 0.600. The van der Waals surface area contributed by atoms with Gasteiger partial charge in [0.15, 0.2) is 10.3 Å². The smallest absolute Gasteiger partial charge is 0.185 e. The zero-order valence-electron chi connectivity index (χ0n) is 4.45. The van der Waals surface area contributed by atoms with Gasteiger partial charge in [-0.25, -0.2) is 0 Å². The maximum absolute atomic E-state index is 5.70. The Balaban J connectivity index is 2.55. The van der Waals surface area contributed by atoms with E-state index in [4.69, 9.17) is 27.9 Å². The van der Waals surface area contributed by atoms with Crippen molar-refractivity contribution in [1.82, 2.24) is 0 Å². The molecule has 0 radical (unpaired) electrons. The summed E-state index contributed by atoms with van der Waals surface area (Å²) in [6, 6.07) is 0. The lowest BCUT2D eigenvalue weighted by Gasteiger charge is -2.13. The summed E-state index contributed by atoms with van der Waals surface area (Å²) < 4.78 is 4.94. The lowest BCUT2D eigenvalue weighted by Crippen LogP contribution is -2.12. The third-order valence-electron chi connectivity index (χ3n) is 0.937. The van der Waals surface area contributed by atoms with E-state index in [0.29, 0.717) is 11.6 Å². The van der Waals surface area contributed by atoms with Gasteiger partial charge in [0.25, 0.3) is 0 Å². The van der Waals surface area contributed by atoms with Crippen molar-refractivity contribution in [2.24, 2.45) is 0 Å². The van der Waals surface area contributed by atoms with Crippen LogP contribution < -0.4 is 0 Å². The summed E-state index contributed by atoms with van der Waals surface area (Å²) in [5.74, 6) is 0. The number of hydrogen-bond donors (Lipinski definition) is 0. The molecular weight excluding hydrogens is 147 g/mol. The number of ether oxygens (including phenoxy) is 1. The molecule has 0 aliphatic carbocycles. The minimum absolute atomic E-state index is 0.405. The fourth-order valence-corrected chi connectivity index (χ4v) is 0.996. The van der Waals surface area contributed by atoms with E-state index < -0.39 is 5.06 Å². The fourth-order valence-electron chi connectivity index (χ4n) is 0.549. The molecule has 0 saturated carbocycles. The summed E-state index contributed by atoms with van der Waals surface area (Å²) in [7, 11) is 0. The van der Waals surface area contributed by atoms with Crippen molar-refractivity contribution in [3.63, 3.8) is 0 Å². The van der Waals surface area contributed by atoms with Crippen LogP contribution in [0.15, 0.2) is 11.3 Å². The highest BCUT2D eigenvalue weighted by Crippen LogP contribution is 2.32. The molecule has 46 valence electrons. The lowest BCUT2D eigenvalue weighted by atomic mass is 10.3. The number of halogens is 2. The Morgan fingerprint density at radius 3 is 2.62 bits per heavy atom. The Hall–Kier alpha value is 0.120. The van der Waals surface area contributed by atoms with Gasteiger partial charge >= 0.3 is 0 Å². The summed E-state index contributed by atoms with van der Waals surface area (Å²) in [5.41, 5.74) is 0. The van der Waals surface area contributed by atoms with Crippen molar-refractivity contribution in [1.29, 1.82) is 0 Å². The quantitative estimate of drug-likeness (QED) is 0.485.